The summed E-state index contributed by atoms with van der Waals surface area (Å²) in [5.41, 5.74) is 0. The van der Waals surface area contributed by atoms with Crippen molar-refractivity contribution in [1.82, 2.24) is 0 Å². The van der Waals surface area contributed by atoms with Gasteiger partial charge in [-0.1, -0.05) is 0 Å². The van der Waals surface area contributed by atoms with Crippen LogP contribution in [0.4, 0.5) is 0 Å². The summed E-state index contributed by atoms with van der Waals surface area (Å²) in [4.78, 5) is 0. The molecule has 0 spiro atoms. The van der Waals surface area contributed by atoms with Crippen LogP contribution in [0.2, 0.25) is 0 Å². The van der Waals surface area contributed by atoms with Gasteiger partial charge in [0.2, 0.25) is 0 Å². The average Bonchev–Trinajstić information content (AvgIpc) is 0. The Hall–Kier alpha value is 2.16. The van der Waals surface area contributed by atoms with Gasteiger partial charge in [-0.3, -0.25) is 0 Å². The van der Waals surface area contributed by atoms with Crippen molar-refractivity contribution < 1.29 is 88.5 Å². The standard InChI is InChI=1S/K.Mg.6H2O.3H/h;;6*1H2;;;/q+1;+2;;;;;;;3*-1. The molecule has 8 heavy (non-hydrogen) atoms. The first kappa shape index (κ1) is 182. The number of hydrogen-bond donors (Lipinski definition) is 0. The summed E-state index contributed by atoms with van der Waals surface area (Å²) in [6.07, 6.45) is 0. The molecule has 0 aliphatic carbocycles. The molecule has 54 valence electrons. The van der Waals surface area contributed by atoms with Crippen molar-refractivity contribution in [3.63, 3.8) is 0 Å². The molecule has 0 radical (unpaired) electrons. The molecule has 0 aromatic rings. The van der Waals surface area contributed by atoms with E-state index in [-0.39, 0.29) is 112 Å². The van der Waals surface area contributed by atoms with Crippen molar-refractivity contribution in [2.24, 2.45) is 0 Å². The molecular formula is H15KMgO6. The van der Waals surface area contributed by atoms with Gasteiger partial charge in [0.25, 0.3) is 0 Å². The molecule has 0 saturated carbocycles. The Morgan fingerprint density at radius 2 is 0.500 bits per heavy atom. The molecule has 0 rings (SSSR count). The second kappa shape index (κ2) is 131. The smallest absolute Gasteiger partial charge is 1.00 e. The first-order valence-corrected chi connectivity index (χ1v) is 0. The van der Waals surface area contributed by atoms with E-state index in [1.807, 2.05) is 0 Å². The molecule has 0 aliphatic rings. The summed E-state index contributed by atoms with van der Waals surface area (Å²) in [5.74, 6) is 0. The predicted molar refractivity (Wildman–Crippen MR) is 30.8 cm³/mol. The van der Waals surface area contributed by atoms with Crippen LogP contribution in [0.1, 0.15) is 4.28 Å². The maximum Gasteiger partial charge on any atom is 2.00 e. The van der Waals surface area contributed by atoms with E-state index in [1.165, 1.54) is 0 Å². The van der Waals surface area contributed by atoms with Gasteiger partial charge in [-0.2, -0.15) is 0 Å². The summed E-state index contributed by atoms with van der Waals surface area (Å²) in [6.45, 7) is 0. The first-order chi connectivity index (χ1) is 0. The molecule has 0 bridgehead atoms. The second-order valence-electron chi connectivity index (χ2n) is 0. The first-order valence-electron chi connectivity index (χ1n) is 0. The molecule has 0 unspecified atom stereocenters. The van der Waals surface area contributed by atoms with E-state index in [0.717, 1.165) is 0 Å². The van der Waals surface area contributed by atoms with Crippen LogP contribution in [0.25, 0.3) is 0 Å². The van der Waals surface area contributed by atoms with Gasteiger partial charge in [-0.15, -0.1) is 0 Å². The Bertz CT molecular complexity index is 17.8. The third-order valence-corrected chi connectivity index (χ3v) is 0. The van der Waals surface area contributed by atoms with E-state index in [9.17, 15) is 0 Å². The van der Waals surface area contributed by atoms with Gasteiger partial charge < -0.3 is 37.1 Å². The van der Waals surface area contributed by atoms with Crippen LogP contribution in [0.15, 0.2) is 0 Å². The summed E-state index contributed by atoms with van der Waals surface area (Å²) < 4.78 is 0. The molecule has 6 nitrogen and oxygen atoms in total. The van der Waals surface area contributed by atoms with Crippen LogP contribution < -0.4 is 51.4 Å². The van der Waals surface area contributed by atoms with Gasteiger partial charge in [-0.25, -0.2) is 0 Å². The van der Waals surface area contributed by atoms with Crippen molar-refractivity contribution in [1.29, 1.82) is 0 Å². The van der Waals surface area contributed by atoms with Crippen LogP contribution in [-0.2, 0) is 0 Å². The summed E-state index contributed by atoms with van der Waals surface area (Å²) in [6, 6.07) is 0. The van der Waals surface area contributed by atoms with E-state index in [0.29, 0.717) is 0 Å². The Morgan fingerprint density at radius 1 is 0.500 bits per heavy atom. The van der Waals surface area contributed by atoms with Crippen LogP contribution in [0, 0.1) is 0 Å². The zero-order valence-electron chi connectivity index (χ0n) is 7.71. The quantitative estimate of drug-likeness (QED) is 0.315. The summed E-state index contributed by atoms with van der Waals surface area (Å²) in [5, 5.41) is 0. The van der Waals surface area contributed by atoms with Gasteiger partial charge in [0.1, 0.15) is 0 Å². The zero-order valence-corrected chi connectivity index (χ0v) is 9.24. The predicted octanol–water partition coefficient (Wildman–Crippen LogP) is -7.99. The molecular weight excluding hydrogens is 159 g/mol. The SMILES string of the molecule is O.O.O.O.O.O.[H-].[H-].[H-].[K+].[Mg+2]. The summed E-state index contributed by atoms with van der Waals surface area (Å²) in [7, 11) is 0. The van der Waals surface area contributed by atoms with Crippen LogP contribution in [0.3, 0.4) is 0 Å². The summed E-state index contributed by atoms with van der Waals surface area (Å²) >= 11 is 0. The Kier molecular flexibility index (Phi) is 2980. The van der Waals surface area contributed by atoms with Gasteiger partial charge in [0.15, 0.2) is 0 Å². The fourth-order valence-electron chi connectivity index (χ4n) is 0. The normalized spacial score (nSPS) is 0. The minimum Gasteiger partial charge on any atom is -1.00 e. The Labute approximate surface area is 110 Å². The van der Waals surface area contributed by atoms with Crippen molar-refractivity contribution >= 4 is 23.1 Å². The maximum absolute atomic E-state index is 0. The second-order valence-corrected chi connectivity index (χ2v) is 0. The van der Waals surface area contributed by atoms with Crippen molar-refractivity contribution in [3.05, 3.63) is 0 Å². The largest absolute Gasteiger partial charge is 2.00 e. The van der Waals surface area contributed by atoms with Crippen LogP contribution in [-0.4, -0.2) is 55.9 Å². The molecule has 0 heterocycles. The molecule has 12 N–H and O–H groups in total. The van der Waals surface area contributed by atoms with E-state index >= 15 is 0 Å². The maximum atomic E-state index is 0. The molecule has 0 saturated heterocycles. The Morgan fingerprint density at radius 3 is 0.500 bits per heavy atom. The molecule has 0 amide bonds. The monoisotopic (exact) mass is 174 g/mol. The molecule has 0 aliphatic heterocycles. The molecule has 0 aromatic carbocycles. The van der Waals surface area contributed by atoms with Gasteiger partial charge in [-0.05, 0) is 0 Å². The van der Waals surface area contributed by atoms with Gasteiger partial charge >= 0.3 is 74.4 Å². The van der Waals surface area contributed by atoms with Crippen molar-refractivity contribution in [3.8, 4) is 0 Å². The number of hydrogen-bond acceptors (Lipinski definition) is 0. The fourth-order valence-corrected chi connectivity index (χ4v) is 0. The average molecular weight is 175 g/mol. The minimum absolute atomic E-state index is 0. The molecule has 0 fully saturated rings. The topological polar surface area (TPSA) is 189 Å². The van der Waals surface area contributed by atoms with E-state index < -0.39 is 0 Å². The van der Waals surface area contributed by atoms with E-state index in [4.69, 9.17) is 0 Å². The Balaban J connectivity index is 0. The van der Waals surface area contributed by atoms with Crippen molar-refractivity contribution in [2.75, 3.05) is 0 Å². The zero-order chi connectivity index (χ0) is 0. The van der Waals surface area contributed by atoms with E-state index in [2.05, 4.69) is 0 Å². The molecule has 0 atom stereocenters. The van der Waals surface area contributed by atoms with Gasteiger partial charge in [0, 0.05) is 0 Å². The third-order valence-electron chi connectivity index (χ3n) is 0. The minimum atomic E-state index is 0. The molecule has 8 heteroatoms. The van der Waals surface area contributed by atoms with Crippen molar-refractivity contribution in [2.45, 2.75) is 0 Å². The third kappa shape index (κ3) is 89.5. The number of rotatable bonds is 0. The fraction of sp³-hybridized carbons (Fsp3) is 0. The van der Waals surface area contributed by atoms with Crippen LogP contribution in [0.5, 0.6) is 0 Å². The molecule has 0 aromatic heterocycles. The van der Waals surface area contributed by atoms with E-state index in [1.54, 1.807) is 0 Å². The van der Waals surface area contributed by atoms with Gasteiger partial charge in [0.05, 0.1) is 0 Å². The van der Waals surface area contributed by atoms with Crippen LogP contribution >= 0.6 is 0 Å².